The van der Waals surface area contributed by atoms with Gasteiger partial charge in [0.2, 0.25) is 5.88 Å². The molecule has 26 heavy (non-hydrogen) atoms. The summed E-state index contributed by atoms with van der Waals surface area (Å²) in [5.41, 5.74) is 0.652. The smallest absolute Gasteiger partial charge is 0.251 e. The highest BCUT2D eigenvalue weighted by Gasteiger charge is 2.24. The number of ether oxygens (including phenoxy) is 2. The van der Waals surface area contributed by atoms with Crippen molar-refractivity contribution in [2.75, 3.05) is 0 Å². The lowest BCUT2D eigenvalue weighted by atomic mass is 9.92. The van der Waals surface area contributed by atoms with E-state index in [9.17, 15) is 4.79 Å². The molecule has 1 aliphatic rings. The maximum absolute atomic E-state index is 12.4. The normalized spacial score (nSPS) is 19.8. The van der Waals surface area contributed by atoms with Crippen molar-refractivity contribution < 1.29 is 14.3 Å². The van der Waals surface area contributed by atoms with Crippen molar-refractivity contribution >= 4 is 5.91 Å². The Bertz CT molecular complexity index is 696. The molecule has 1 aromatic carbocycles. The van der Waals surface area contributed by atoms with Crippen molar-refractivity contribution in [1.29, 1.82) is 0 Å². The number of aromatic nitrogens is 2. The van der Waals surface area contributed by atoms with E-state index >= 15 is 0 Å². The molecule has 0 radical (unpaired) electrons. The van der Waals surface area contributed by atoms with Crippen molar-refractivity contribution in [2.45, 2.75) is 57.8 Å². The molecule has 0 bridgehead atoms. The number of hydrogen-bond donors (Lipinski definition) is 1. The zero-order valence-corrected chi connectivity index (χ0v) is 15.2. The first-order chi connectivity index (χ1) is 12.6. The fourth-order valence-electron chi connectivity index (χ4n) is 3.07. The van der Waals surface area contributed by atoms with Crippen LogP contribution in [0.15, 0.2) is 42.9 Å². The molecule has 0 spiro atoms. The largest absolute Gasteiger partial charge is 0.491 e. The first-order valence-electron chi connectivity index (χ1n) is 9.10. The molecule has 0 atom stereocenters. The number of carbonyl (C=O) groups excluding carboxylic acids is 1. The molecule has 0 aliphatic heterocycles. The number of carbonyl (C=O) groups is 1. The van der Waals surface area contributed by atoms with Gasteiger partial charge in [-0.15, -0.1) is 0 Å². The van der Waals surface area contributed by atoms with Gasteiger partial charge in [-0.2, -0.15) is 0 Å². The highest BCUT2D eigenvalue weighted by molar-refractivity contribution is 5.94. The summed E-state index contributed by atoms with van der Waals surface area (Å²) in [5.74, 6) is 1.29. The number of rotatable bonds is 6. The molecule has 2 aromatic rings. The van der Waals surface area contributed by atoms with Gasteiger partial charge in [0.15, 0.2) is 0 Å². The predicted molar refractivity (Wildman–Crippen MR) is 98.4 cm³/mol. The van der Waals surface area contributed by atoms with Crippen LogP contribution >= 0.6 is 0 Å². The summed E-state index contributed by atoms with van der Waals surface area (Å²) in [6.07, 6.45) is 8.70. The Hall–Kier alpha value is -2.63. The van der Waals surface area contributed by atoms with Gasteiger partial charge in [0.05, 0.1) is 12.3 Å². The van der Waals surface area contributed by atoms with Gasteiger partial charge in [0.25, 0.3) is 5.91 Å². The molecule has 138 valence electrons. The zero-order valence-electron chi connectivity index (χ0n) is 15.2. The molecule has 1 fully saturated rings. The number of nitrogens with one attached hydrogen (secondary N) is 1. The van der Waals surface area contributed by atoms with E-state index in [1.807, 2.05) is 26.0 Å². The number of nitrogens with zero attached hydrogens (tertiary/aromatic N) is 2. The average molecular weight is 355 g/mol. The number of hydrogen-bond acceptors (Lipinski definition) is 5. The fraction of sp³-hybridized carbons (Fsp3) is 0.450. The predicted octanol–water partition coefficient (Wildman–Crippen LogP) is 3.38. The average Bonchev–Trinajstić information content (AvgIpc) is 2.64. The molecule has 1 heterocycles. The molecule has 1 aliphatic carbocycles. The van der Waals surface area contributed by atoms with Crippen molar-refractivity contribution in [3.63, 3.8) is 0 Å². The van der Waals surface area contributed by atoms with Crippen molar-refractivity contribution in [2.24, 2.45) is 0 Å². The van der Waals surface area contributed by atoms with E-state index in [1.54, 1.807) is 30.7 Å². The second-order valence-corrected chi connectivity index (χ2v) is 6.80. The third-order valence-corrected chi connectivity index (χ3v) is 4.32. The summed E-state index contributed by atoms with van der Waals surface area (Å²) < 4.78 is 11.4. The van der Waals surface area contributed by atoms with Gasteiger partial charge in [-0.05, 0) is 63.8 Å². The first kappa shape index (κ1) is 18.2. The molecule has 1 saturated carbocycles. The summed E-state index contributed by atoms with van der Waals surface area (Å²) in [6.45, 7) is 3.95. The van der Waals surface area contributed by atoms with E-state index in [4.69, 9.17) is 9.47 Å². The SMILES string of the molecule is CC(C)Oc1ccc(C(=O)NC2CCC(Oc3cnccn3)CC2)cc1. The van der Waals surface area contributed by atoms with Crippen LogP contribution in [0.25, 0.3) is 0 Å². The van der Waals surface area contributed by atoms with Gasteiger partial charge >= 0.3 is 0 Å². The minimum Gasteiger partial charge on any atom is -0.491 e. The van der Waals surface area contributed by atoms with Crippen LogP contribution in [0.3, 0.4) is 0 Å². The van der Waals surface area contributed by atoms with E-state index in [-0.39, 0.29) is 24.2 Å². The monoisotopic (exact) mass is 355 g/mol. The molecule has 6 heteroatoms. The van der Waals surface area contributed by atoms with Gasteiger partial charge in [-0.25, -0.2) is 4.98 Å². The molecule has 3 rings (SSSR count). The number of benzene rings is 1. The highest BCUT2D eigenvalue weighted by Crippen LogP contribution is 2.23. The van der Waals surface area contributed by atoms with E-state index < -0.39 is 0 Å². The maximum atomic E-state index is 12.4. The van der Waals surface area contributed by atoms with Gasteiger partial charge in [-0.3, -0.25) is 9.78 Å². The minimum absolute atomic E-state index is 0.0422. The maximum Gasteiger partial charge on any atom is 0.251 e. The molecular formula is C20H25N3O3. The van der Waals surface area contributed by atoms with E-state index in [0.717, 1.165) is 31.4 Å². The third-order valence-electron chi connectivity index (χ3n) is 4.32. The Morgan fingerprint density at radius 2 is 1.85 bits per heavy atom. The second kappa shape index (κ2) is 8.65. The summed E-state index contributed by atoms with van der Waals surface area (Å²) in [4.78, 5) is 20.6. The van der Waals surface area contributed by atoms with Crippen LogP contribution in [0.5, 0.6) is 11.6 Å². The van der Waals surface area contributed by atoms with Crippen LogP contribution < -0.4 is 14.8 Å². The van der Waals surface area contributed by atoms with Crippen LogP contribution in [0.1, 0.15) is 49.9 Å². The summed E-state index contributed by atoms with van der Waals surface area (Å²) in [7, 11) is 0. The molecular weight excluding hydrogens is 330 g/mol. The Morgan fingerprint density at radius 1 is 1.12 bits per heavy atom. The van der Waals surface area contributed by atoms with E-state index in [1.165, 1.54) is 0 Å². The van der Waals surface area contributed by atoms with Gasteiger partial charge in [0.1, 0.15) is 11.9 Å². The molecule has 1 N–H and O–H groups in total. The van der Waals surface area contributed by atoms with Crippen molar-refractivity contribution in [1.82, 2.24) is 15.3 Å². The highest BCUT2D eigenvalue weighted by atomic mass is 16.5. The Morgan fingerprint density at radius 3 is 2.46 bits per heavy atom. The lowest BCUT2D eigenvalue weighted by molar-refractivity contribution is 0.0890. The Balaban J connectivity index is 1.46. The van der Waals surface area contributed by atoms with Crippen molar-refractivity contribution in [3.8, 4) is 11.6 Å². The quantitative estimate of drug-likeness (QED) is 0.860. The number of amides is 1. The zero-order chi connectivity index (χ0) is 18.4. The van der Waals surface area contributed by atoms with Crippen LogP contribution in [0.4, 0.5) is 0 Å². The summed E-state index contributed by atoms with van der Waals surface area (Å²) >= 11 is 0. The lowest BCUT2D eigenvalue weighted by Crippen LogP contribution is -2.39. The first-order valence-corrected chi connectivity index (χ1v) is 9.10. The molecule has 0 unspecified atom stereocenters. The van der Waals surface area contributed by atoms with E-state index in [2.05, 4.69) is 15.3 Å². The van der Waals surface area contributed by atoms with Gasteiger partial charge in [0, 0.05) is 24.0 Å². The van der Waals surface area contributed by atoms with Gasteiger partial charge < -0.3 is 14.8 Å². The Labute approximate surface area is 154 Å². The minimum atomic E-state index is -0.0422. The van der Waals surface area contributed by atoms with E-state index in [0.29, 0.717) is 11.4 Å². The van der Waals surface area contributed by atoms with Crippen molar-refractivity contribution in [3.05, 3.63) is 48.4 Å². The van der Waals surface area contributed by atoms with Crippen LogP contribution in [0, 0.1) is 0 Å². The third kappa shape index (κ3) is 5.18. The topological polar surface area (TPSA) is 73.3 Å². The second-order valence-electron chi connectivity index (χ2n) is 6.80. The molecule has 1 amide bonds. The fourth-order valence-corrected chi connectivity index (χ4v) is 3.07. The van der Waals surface area contributed by atoms with Crippen LogP contribution in [0.2, 0.25) is 0 Å². The molecule has 0 saturated heterocycles. The van der Waals surface area contributed by atoms with Crippen LogP contribution in [-0.4, -0.2) is 34.1 Å². The summed E-state index contributed by atoms with van der Waals surface area (Å²) in [5, 5.41) is 3.12. The standard InChI is InChI=1S/C20H25N3O3/c1-14(2)25-17-7-3-15(4-8-17)20(24)23-16-5-9-18(10-6-16)26-19-13-21-11-12-22-19/h3-4,7-8,11-14,16,18H,5-6,9-10H2,1-2H3,(H,23,24). The molecule has 1 aromatic heterocycles. The lowest BCUT2D eigenvalue weighted by Gasteiger charge is -2.29. The summed E-state index contributed by atoms with van der Waals surface area (Å²) in [6, 6.07) is 7.45. The molecule has 6 nitrogen and oxygen atoms in total. The Kier molecular flexibility index (Phi) is 6.04. The van der Waals surface area contributed by atoms with Gasteiger partial charge in [-0.1, -0.05) is 0 Å². The van der Waals surface area contributed by atoms with Crippen LogP contribution in [-0.2, 0) is 0 Å².